The number of aliphatic hydroxyl groups is 1. The second kappa shape index (κ2) is 6.94. The average molecular weight is 292 g/mol. The molecule has 1 atom stereocenters. The lowest BCUT2D eigenvalue weighted by atomic mass is 10.1. The predicted octanol–water partition coefficient (Wildman–Crippen LogP) is 1.30. The van der Waals surface area contributed by atoms with Gasteiger partial charge in [0.1, 0.15) is 5.82 Å². The Labute approximate surface area is 121 Å². The van der Waals surface area contributed by atoms with Gasteiger partial charge >= 0.3 is 0 Å². The SMILES string of the molecule is CCC(CCO)NC(=O)c1cnn(-c2ccc(F)cc2)n1. The number of hydrogen-bond acceptors (Lipinski definition) is 4. The van der Waals surface area contributed by atoms with Crippen LogP contribution in [0, 0.1) is 5.82 Å². The molecule has 1 heterocycles. The third kappa shape index (κ3) is 3.85. The molecular weight excluding hydrogens is 275 g/mol. The number of carbonyl (C=O) groups is 1. The van der Waals surface area contributed by atoms with Gasteiger partial charge in [-0.15, -0.1) is 5.10 Å². The summed E-state index contributed by atoms with van der Waals surface area (Å²) in [6.07, 6.45) is 2.57. The minimum Gasteiger partial charge on any atom is -0.396 e. The van der Waals surface area contributed by atoms with Crippen LogP contribution in [0.1, 0.15) is 30.3 Å². The van der Waals surface area contributed by atoms with Gasteiger partial charge in [0.25, 0.3) is 5.91 Å². The van der Waals surface area contributed by atoms with Crippen LogP contribution < -0.4 is 5.32 Å². The number of nitrogens with one attached hydrogen (secondary N) is 1. The summed E-state index contributed by atoms with van der Waals surface area (Å²) in [5, 5.41) is 19.8. The predicted molar refractivity (Wildman–Crippen MR) is 74.6 cm³/mol. The monoisotopic (exact) mass is 292 g/mol. The first-order valence-corrected chi connectivity index (χ1v) is 6.74. The van der Waals surface area contributed by atoms with Crippen molar-refractivity contribution in [3.05, 3.63) is 42.0 Å². The molecular formula is C14H17FN4O2. The summed E-state index contributed by atoms with van der Waals surface area (Å²) in [6, 6.07) is 5.55. The molecule has 0 aliphatic heterocycles. The highest BCUT2D eigenvalue weighted by Gasteiger charge is 2.15. The van der Waals surface area contributed by atoms with E-state index in [1.165, 1.54) is 35.3 Å². The standard InChI is InChI=1S/C14H17FN4O2/c1-2-11(7-8-20)17-14(21)13-9-16-19(18-13)12-5-3-10(15)4-6-12/h3-6,9,11,20H,2,7-8H2,1H3,(H,17,21). The van der Waals surface area contributed by atoms with E-state index >= 15 is 0 Å². The van der Waals surface area contributed by atoms with E-state index in [-0.39, 0.29) is 30.1 Å². The fraction of sp³-hybridized carbons (Fsp3) is 0.357. The number of rotatable bonds is 6. The smallest absolute Gasteiger partial charge is 0.273 e. The Balaban J connectivity index is 2.08. The van der Waals surface area contributed by atoms with Crippen molar-refractivity contribution in [2.24, 2.45) is 0 Å². The fourth-order valence-corrected chi connectivity index (χ4v) is 1.86. The fourth-order valence-electron chi connectivity index (χ4n) is 1.86. The van der Waals surface area contributed by atoms with Crippen LogP contribution in [0.2, 0.25) is 0 Å². The lowest BCUT2D eigenvalue weighted by Gasteiger charge is -2.14. The molecule has 2 aromatic rings. The van der Waals surface area contributed by atoms with Crippen molar-refractivity contribution in [1.29, 1.82) is 0 Å². The Hall–Kier alpha value is -2.28. The molecule has 6 nitrogen and oxygen atoms in total. The third-order valence-corrected chi connectivity index (χ3v) is 3.09. The number of aliphatic hydroxyl groups excluding tert-OH is 1. The molecule has 0 radical (unpaired) electrons. The second-order valence-corrected chi connectivity index (χ2v) is 4.59. The summed E-state index contributed by atoms with van der Waals surface area (Å²) in [4.78, 5) is 13.3. The van der Waals surface area contributed by atoms with Gasteiger partial charge in [0, 0.05) is 12.6 Å². The molecule has 1 unspecified atom stereocenters. The average Bonchev–Trinajstić information content (AvgIpc) is 2.97. The Morgan fingerprint density at radius 1 is 1.43 bits per heavy atom. The van der Waals surface area contributed by atoms with Crippen molar-refractivity contribution in [1.82, 2.24) is 20.3 Å². The van der Waals surface area contributed by atoms with Crippen molar-refractivity contribution in [2.45, 2.75) is 25.8 Å². The van der Waals surface area contributed by atoms with Crippen molar-refractivity contribution in [3.63, 3.8) is 0 Å². The first kappa shape index (κ1) is 15.1. The Bertz CT molecular complexity index is 597. The summed E-state index contributed by atoms with van der Waals surface area (Å²) < 4.78 is 12.9. The normalized spacial score (nSPS) is 12.1. The van der Waals surface area contributed by atoms with Crippen molar-refractivity contribution >= 4 is 5.91 Å². The van der Waals surface area contributed by atoms with Crippen molar-refractivity contribution in [2.75, 3.05) is 6.61 Å². The zero-order chi connectivity index (χ0) is 15.2. The summed E-state index contributed by atoms with van der Waals surface area (Å²) in [7, 11) is 0. The minimum absolute atomic E-state index is 0.0149. The van der Waals surface area contributed by atoms with E-state index in [4.69, 9.17) is 5.11 Å². The number of halogens is 1. The zero-order valence-corrected chi connectivity index (χ0v) is 11.7. The quantitative estimate of drug-likeness (QED) is 0.841. The highest BCUT2D eigenvalue weighted by atomic mass is 19.1. The maximum atomic E-state index is 12.9. The summed E-state index contributed by atoms with van der Waals surface area (Å²) >= 11 is 0. The van der Waals surface area contributed by atoms with Crippen LogP contribution in [0.3, 0.4) is 0 Å². The molecule has 1 amide bonds. The van der Waals surface area contributed by atoms with Gasteiger partial charge in [-0.05, 0) is 37.1 Å². The van der Waals surface area contributed by atoms with Gasteiger partial charge in [0.05, 0.1) is 11.9 Å². The first-order valence-electron chi connectivity index (χ1n) is 6.74. The lowest BCUT2D eigenvalue weighted by Crippen LogP contribution is -2.35. The van der Waals surface area contributed by atoms with Gasteiger partial charge < -0.3 is 10.4 Å². The molecule has 2 N–H and O–H groups in total. The van der Waals surface area contributed by atoms with Crippen molar-refractivity contribution in [3.8, 4) is 5.69 Å². The minimum atomic E-state index is -0.348. The molecule has 0 spiro atoms. The Kier molecular flexibility index (Phi) is 4.99. The van der Waals surface area contributed by atoms with Crippen LogP contribution in [0.5, 0.6) is 0 Å². The molecule has 21 heavy (non-hydrogen) atoms. The molecule has 2 rings (SSSR count). The molecule has 0 aliphatic carbocycles. The Morgan fingerprint density at radius 2 is 2.14 bits per heavy atom. The molecule has 0 saturated carbocycles. The van der Waals surface area contributed by atoms with Crippen LogP contribution in [0.4, 0.5) is 4.39 Å². The van der Waals surface area contributed by atoms with Gasteiger partial charge in [-0.25, -0.2) is 4.39 Å². The summed E-state index contributed by atoms with van der Waals surface area (Å²) in [5.41, 5.74) is 0.744. The van der Waals surface area contributed by atoms with E-state index in [2.05, 4.69) is 15.5 Å². The summed E-state index contributed by atoms with van der Waals surface area (Å²) in [6.45, 7) is 1.94. The van der Waals surface area contributed by atoms with Gasteiger partial charge in [0.15, 0.2) is 5.69 Å². The van der Waals surface area contributed by atoms with Gasteiger partial charge in [-0.1, -0.05) is 6.92 Å². The van der Waals surface area contributed by atoms with E-state index in [1.54, 1.807) is 0 Å². The maximum absolute atomic E-state index is 12.9. The molecule has 0 aliphatic rings. The third-order valence-electron chi connectivity index (χ3n) is 3.09. The highest BCUT2D eigenvalue weighted by Crippen LogP contribution is 2.07. The number of benzene rings is 1. The number of hydrogen-bond donors (Lipinski definition) is 2. The topological polar surface area (TPSA) is 80.0 Å². The lowest BCUT2D eigenvalue weighted by molar-refractivity contribution is 0.0923. The second-order valence-electron chi connectivity index (χ2n) is 4.59. The van der Waals surface area contributed by atoms with E-state index in [0.717, 1.165) is 6.42 Å². The van der Waals surface area contributed by atoms with Crippen molar-refractivity contribution < 1.29 is 14.3 Å². The molecule has 112 valence electrons. The van der Waals surface area contributed by atoms with Crippen LogP contribution >= 0.6 is 0 Å². The molecule has 0 fully saturated rings. The van der Waals surface area contributed by atoms with E-state index in [9.17, 15) is 9.18 Å². The molecule has 7 heteroatoms. The van der Waals surface area contributed by atoms with Crippen LogP contribution in [-0.4, -0.2) is 38.7 Å². The van der Waals surface area contributed by atoms with Gasteiger partial charge in [-0.2, -0.15) is 9.90 Å². The zero-order valence-electron chi connectivity index (χ0n) is 11.7. The van der Waals surface area contributed by atoms with Crippen LogP contribution in [-0.2, 0) is 0 Å². The van der Waals surface area contributed by atoms with Crippen LogP contribution in [0.15, 0.2) is 30.5 Å². The number of nitrogens with zero attached hydrogens (tertiary/aromatic N) is 3. The highest BCUT2D eigenvalue weighted by molar-refractivity contribution is 5.92. The summed E-state index contributed by atoms with van der Waals surface area (Å²) in [5.74, 6) is -0.692. The van der Waals surface area contributed by atoms with E-state index in [1.807, 2.05) is 6.92 Å². The molecule has 0 saturated heterocycles. The molecule has 1 aromatic carbocycles. The largest absolute Gasteiger partial charge is 0.396 e. The first-order chi connectivity index (χ1) is 10.1. The van der Waals surface area contributed by atoms with Gasteiger partial charge in [0.2, 0.25) is 0 Å². The Morgan fingerprint density at radius 3 is 2.76 bits per heavy atom. The van der Waals surface area contributed by atoms with Gasteiger partial charge in [-0.3, -0.25) is 4.79 Å². The number of amides is 1. The number of carbonyl (C=O) groups excluding carboxylic acids is 1. The van der Waals surface area contributed by atoms with E-state index in [0.29, 0.717) is 12.1 Å². The maximum Gasteiger partial charge on any atom is 0.273 e. The number of aromatic nitrogens is 3. The molecule has 1 aromatic heterocycles. The van der Waals surface area contributed by atoms with E-state index < -0.39 is 0 Å². The van der Waals surface area contributed by atoms with Crippen LogP contribution in [0.25, 0.3) is 5.69 Å². The molecule has 0 bridgehead atoms.